The minimum Gasteiger partial charge on any atom is -0.335 e. The maximum Gasteiger partial charge on any atom is 0.274 e. The minimum absolute atomic E-state index is 0.0219. The number of nitrogens with zero attached hydrogens (tertiary/aromatic N) is 4. The Morgan fingerprint density at radius 1 is 1.04 bits per heavy atom. The minimum atomic E-state index is -3.38. The zero-order valence-electron chi connectivity index (χ0n) is 13.1. The summed E-state index contributed by atoms with van der Waals surface area (Å²) in [5.41, 5.74) is 1.04. The molecule has 24 heavy (non-hydrogen) atoms. The lowest BCUT2D eigenvalue weighted by molar-refractivity contribution is 0.0691. The largest absolute Gasteiger partial charge is 0.335 e. The van der Waals surface area contributed by atoms with Crippen LogP contribution in [0.5, 0.6) is 0 Å². The van der Waals surface area contributed by atoms with E-state index in [9.17, 15) is 13.2 Å². The molecule has 0 N–H and O–H groups in total. The number of sulfonamides is 1. The number of aromatic nitrogens is 2. The lowest BCUT2D eigenvalue weighted by Gasteiger charge is -2.33. The van der Waals surface area contributed by atoms with E-state index in [1.165, 1.54) is 22.9 Å². The summed E-state index contributed by atoms with van der Waals surface area (Å²) in [5, 5.41) is 0. The first-order valence-corrected chi connectivity index (χ1v) is 9.24. The third kappa shape index (κ3) is 3.77. The molecule has 2 aromatic rings. The summed E-state index contributed by atoms with van der Waals surface area (Å²) < 4.78 is 26.4. The topological polar surface area (TPSA) is 83.5 Å². The molecule has 1 aromatic heterocycles. The first-order valence-electron chi connectivity index (χ1n) is 7.63. The van der Waals surface area contributed by atoms with Crippen LogP contribution in [0.3, 0.4) is 0 Å². The predicted octanol–water partition coefficient (Wildman–Crippen LogP) is 0.764. The maximum atomic E-state index is 12.5. The molecule has 8 heteroatoms. The van der Waals surface area contributed by atoms with E-state index in [1.54, 1.807) is 17.0 Å². The molecule has 0 saturated carbocycles. The van der Waals surface area contributed by atoms with E-state index >= 15 is 0 Å². The molecule has 0 unspecified atom stereocenters. The first-order chi connectivity index (χ1) is 11.6. The molecule has 0 aliphatic carbocycles. The molecule has 1 fully saturated rings. The van der Waals surface area contributed by atoms with Gasteiger partial charge in [-0.3, -0.25) is 9.78 Å². The van der Waals surface area contributed by atoms with Crippen molar-refractivity contribution < 1.29 is 13.2 Å². The Bertz CT molecular complexity index is 789. The summed E-state index contributed by atoms with van der Waals surface area (Å²) in [6, 6.07) is 9.09. The SMILES string of the molecule is O=C(c1cnccn1)N1CCN(S(=O)(=O)Cc2ccccc2)CC1. The number of amides is 1. The summed E-state index contributed by atoms with van der Waals surface area (Å²) in [7, 11) is -3.38. The molecule has 0 spiro atoms. The van der Waals surface area contributed by atoms with Crippen LogP contribution in [0.25, 0.3) is 0 Å². The van der Waals surface area contributed by atoms with Gasteiger partial charge in [-0.2, -0.15) is 4.31 Å². The Kier molecular flexibility index (Phi) is 4.86. The molecule has 0 bridgehead atoms. The zero-order chi connectivity index (χ0) is 17.0. The van der Waals surface area contributed by atoms with E-state index in [1.807, 2.05) is 18.2 Å². The van der Waals surface area contributed by atoms with Crippen LogP contribution >= 0.6 is 0 Å². The molecule has 3 rings (SSSR count). The summed E-state index contributed by atoms with van der Waals surface area (Å²) in [4.78, 5) is 21.8. The molecule has 2 heterocycles. The monoisotopic (exact) mass is 346 g/mol. The van der Waals surface area contributed by atoms with Crippen molar-refractivity contribution >= 4 is 15.9 Å². The lowest BCUT2D eigenvalue weighted by atomic mass is 10.2. The molecule has 1 saturated heterocycles. The smallest absolute Gasteiger partial charge is 0.274 e. The highest BCUT2D eigenvalue weighted by Crippen LogP contribution is 2.14. The highest BCUT2D eigenvalue weighted by Gasteiger charge is 2.29. The Morgan fingerprint density at radius 2 is 1.75 bits per heavy atom. The molecular formula is C16H18N4O3S. The van der Waals surface area contributed by atoms with E-state index in [0.717, 1.165) is 5.56 Å². The second-order valence-corrected chi connectivity index (χ2v) is 7.49. The first kappa shape index (κ1) is 16.5. The number of carbonyl (C=O) groups is 1. The summed E-state index contributed by atoms with van der Waals surface area (Å²) >= 11 is 0. The third-order valence-electron chi connectivity index (χ3n) is 3.89. The quantitative estimate of drug-likeness (QED) is 0.816. The molecule has 126 valence electrons. The Hall–Kier alpha value is -2.32. The molecular weight excluding hydrogens is 328 g/mol. The zero-order valence-corrected chi connectivity index (χ0v) is 13.9. The van der Waals surface area contributed by atoms with Gasteiger partial charge in [0, 0.05) is 38.6 Å². The lowest BCUT2D eigenvalue weighted by Crippen LogP contribution is -2.50. The third-order valence-corrected chi connectivity index (χ3v) is 5.74. The summed E-state index contributed by atoms with van der Waals surface area (Å²) in [5.74, 6) is -0.241. The van der Waals surface area contributed by atoms with Crippen LogP contribution in [0, 0.1) is 0 Å². The van der Waals surface area contributed by atoms with Crippen molar-refractivity contribution in [2.75, 3.05) is 26.2 Å². The van der Waals surface area contributed by atoms with Crippen molar-refractivity contribution in [3.8, 4) is 0 Å². The highest BCUT2D eigenvalue weighted by molar-refractivity contribution is 7.88. The van der Waals surface area contributed by atoms with Crippen LogP contribution in [-0.4, -0.2) is 59.7 Å². The van der Waals surface area contributed by atoms with Gasteiger partial charge in [-0.1, -0.05) is 30.3 Å². The van der Waals surface area contributed by atoms with Gasteiger partial charge in [-0.15, -0.1) is 0 Å². The van der Waals surface area contributed by atoms with Crippen molar-refractivity contribution in [2.45, 2.75) is 5.75 Å². The van der Waals surface area contributed by atoms with Gasteiger partial charge in [-0.05, 0) is 5.56 Å². The number of carbonyl (C=O) groups excluding carboxylic acids is 1. The molecule has 1 amide bonds. The van der Waals surface area contributed by atoms with Crippen molar-refractivity contribution in [1.29, 1.82) is 0 Å². The van der Waals surface area contributed by atoms with E-state index < -0.39 is 10.0 Å². The van der Waals surface area contributed by atoms with Crippen molar-refractivity contribution in [3.63, 3.8) is 0 Å². The van der Waals surface area contributed by atoms with E-state index in [0.29, 0.717) is 26.2 Å². The Morgan fingerprint density at radius 3 is 2.38 bits per heavy atom. The van der Waals surface area contributed by atoms with Crippen LogP contribution in [0.1, 0.15) is 16.1 Å². The average molecular weight is 346 g/mol. The number of benzene rings is 1. The van der Waals surface area contributed by atoms with Gasteiger partial charge in [0.25, 0.3) is 5.91 Å². The number of piperazine rings is 1. The van der Waals surface area contributed by atoms with Gasteiger partial charge < -0.3 is 4.90 Å². The molecule has 1 aromatic carbocycles. The second-order valence-electron chi connectivity index (χ2n) is 5.52. The predicted molar refractivity (Wildman–Crippen MR) is 88.6 cm³/mol. The van der Waals surface area contributed by atoms with Crippen LogP contribution in [0.15, 0.2) is 48.9 Å². The van der Waals surface area contributed by atoms with Crippen LogP contribution in [-0.2, 0) is 15.8 Å². The Labute approximate surface area is 141 Å². The molecule has 0 radical (unpaired) electrons. The van der Waals surface area contributed by atoms with Crippen molar-refractivity contribution in [3.05, 3.63) is 60.2 Å². The molecule has 1 aliphatic rings. The van der Waals surface area contributed by atoms with Crippen LogP contribution in [0.2, 0.25) is 0 Å². The molecule has 1 aliphatic heterocycles. The highest BCUT2D eigenvalue weighted by atomic mass is 32.2. The van der Waals surface area contributed by atoms with E-state index in [4.69, 9.17) is 0 Å². The van der Waals surface area contributed by atoms with Gasteiger partial charge in [0.05, 0.1) is 11.9 Å². The average Bonchev–Trinajstić information content (AvgIpc) is 2.62. The van der Waals surface area contributed by atoms with E-state index in [2.05, 4.69) is 9.97 Å². The maximum absolute atomic E-state index is 12.5. The van der Waals surface area contributed by atoms with Gasteiger partial charge >= 0.3 is 0 Å². The van der Waals surface area contributed by atoms with Gasteiger partial charge in [0.15, 0.2) is 0 Å². The van der Waals surface area contributed by atoms with Crippen molar-refractivity contribution in [2.24, 2.45) is 0 Å². The van der Waals surface area contributed by atoms with Crippen LogP contribution in [0.4, 0.5) is 0 Å². The fourth-order valence-electron chi connectivity index (χ4n) is 2.62. The van der Waals surface area contributed by atoms with Crippen molar-refractivity contribution in [1.82, 2.24) is 19.2 Å². The number of hydrogen-bond acceptors (Lipinski definition) is 5. The molecule has 7 nitrogen and oxygen atoms in total. The van der Waals surface area contributed by atoms with Gasteiger partial charge in [-0.25, -0.2) is 13.4 Å². The molecule has 0 atom stereocenters. The number of rotatable bonds is 4. The van der Waals surface area contributed by atoms with Gasteiger partial charge in [0.1, 0.15) is 5.69 Å². The fourth-order valence-corrected chi connectivity index (χ4v) is 4.13. The standard InChI is InChI=1S/C16H18N4O3S/c21-16(15-12-17-6-7-18-15)19-8-10-20(11-9-19)24(22,23)13-14-4-2-1-3-5-14/h1-7,12H,8-11,13H2. The summed E-state index contributed by atoms with van der Waals surface area (Å²) in [6.07, 6.45) is 4.39. The Balaban J connectivity index is 1.61. The number of hydrogen-bond donors (Lipinski definition) is 0. The van der Waals surface area contributed by atoms with E-state index in [-0.39, 0.29) is 17.4 Å². The van der Waals surface area contributed by atoms with Crippen LogP contribution < -0.4 is 0 Å². The second kappa shape index (κ2) is 7.06. The fraction of sp³-hybridized carbons (Fsp3) is 0.312. The van der Waals surface area contributed by atoms with Gasteiger partial charge in [0.2, 0.25) is 10.0 Å². The summed E-state index contributed by atoms with van der Waals surface area (Å²) in [6.45, 7) is 1.29. The normalized spacial score (nSPS) is 16.1.